The number of rotatable bonds is 5. The highest BCUT2D eigenvalue weighted by Crippen LogP contribution is 2.24. The lowest BCUT2D eigenvalue weighted by molar-refractivity contribution is 0.548. The number of hydrogen-bond donors (Lipinski definition) is 1. The van der Waals surface area contributed by atoms with Crippen LogP contribution >= 0.6 is 22.9 Å². The molecule has 1 unspecified atom stereocenters. The fourth-order valence-corrected chi connectivity index (χ4v) is 3.05. The van der Waals surface area contributed by atoms with Crippen molar-refractivity contribution in [1.82, 2.24) is 10.3 Å². The summed E-state index contributed by atoms with van der Waals surface area (Å²) in [6.07, 6.45) is 0.924. The Labute approximate surface area is 123 Å². The highest BCUT2D eigenvalue weighted by molar-refractivity contribution is 7.09. The first kappa shape index (κ1) is 14.5. The number of nitrogens with one attached hydrogen (secondary N) is 1. The molecular weight excluding hydrogens is 276 g/mol. The Morgan fingerprint density at radius 1 is 1.37 bits per heavy atom. The largest absolute Gasteiger partial charge is 0.310 e. The SMILES string of the molecule is CCNC(Cc1nc(C)cs1)c1ccc(Cl)c(C)c1. The molecule has 0 fully saturated rings. The van der Waals surface area contributed by atoms with Crippen LogP contribution in [0.4, 0.5) is 0 Å². The molecule has 0 amide bonds. The maximum absolute atomic E-state index is 6.10. The van der Waals surface area contributed by atoms with Crippen molar-refractivity contribution in [2.75, 3.05) is 6.54 Å². The van der Waals surface area contributed by atoms with Gasteiger partial charge in [-0.3, -0.25) is 0 Å². The van der Waals surface area contributed by atoms with Gasteiger partial charge < -0.3 is 5.32 Å². The molecule has 2 rings (SSSR count). The average Bonchev–Trinajstić information content (AvgIpc) is 2.78. The molecule has 1 heterocycles. The average molecular weight is 295 g/mol. The summed E-state index contributed by atoms with van der Waals surface area (Å²) in [5.41, 5.74) is 3.50. The van der Waals surface area contributed by atoms with Crippen molar-refractivity contribution in [2.45, 2.75) is 33.2 Å². The Balaban J connectivity index is 2.21. The van der Waals surface area contributed by atoms with Gasteiger partial charge >= 0.3 is 0 Å². The minimum Gasteiger partial charge on any atom is -0.310 e. The maximum atomic E-state index is 6.10. The van der Waals surface area contributed by atoms with Crippen LogP contribution in [-0.4, -0.2) is 11.5 Å². The predicted molar refractivity (Wildman–Crippen MR) is 83.2 cm³/mol. The number of likely N-dealkylation sites (N-methyl/N-ethyl adjacent to an activating group) is 1. The number of hydrogen-bond acceptors (Lipinski definition) is 3. The predicted octanol–water partition coefficient (Wildman–Crippen LogP) is 4.31. The van der Waals surface area contributed by atoms with Crippen molar-refractivity contribution in [1.29, 1.82) is 0 Å². The number of halogens is 1. The molecule has 0 saturated carbocycles. The first-order chi connectivity index (χ1) is 9.10. The molecule has 0 saturated heterocycles. The van der Waals surface area contributed by atoms with Gasteiger partial charge in [-0.25, -0.2) is 4.98 Å². The topological polar surface area (TPSA) is 24.9 Å². The maximum Gasteiger partial charge on any atom is 0.0947 e. The van der Waals surface area contributed by atoms with Crippen LogP contribution in [-0.2, 0) is 6.42 Å². The number of aromatic nitrogens is 1. The van der Waals surface area contributed by atoms with Gasteiger partial charge in [-0.15, -0.1) is 11.3 Å². The van der Waals surface area contributed by atoms with E-state index in [1.54, 1.807) is 11.3 Å². The third kappa shape index (κ3) is 3.78. The summed E-state index contributed by atoms with van der Waals surface area (Å²) in [4.78, 5) is 4.55. The van der Waals surface area contributed by atoms with Gasteiger partial charge in [-0.2, -0.15) is 0 Å². The number of thiazole rings is 1. The Hall–Kier alpha value is -0.900. The first-order valence-electron chi connectivity index (χ1n) is 6.50. The van der Waals surface area contributed by atoms with E-state index in [9.17, 15) is 0 Å². The van der Waals surface area contributed by atoms with Crippen molar-refractivity contribution in [3.63, 3.8) is 0 Å². The molecule has 2 aromatic rings. The second kappa shape index (κ2) is 6.51. The summed E-state index contributed by atoms with van der Waals surface area (Å²) in [5, 5.41) is 7.63. The van der Waals surface area contributed by atoms with Gasteiger partial charge in [0.15, 0.2) is 0 Å². The Morgan fingerprint density at radius 3 is 2.74 bits per heavy atom. The number of benzene rings is 1. The van der Waals surface area contributed by atoms with Crippen LogP contribution in [0.5, 0.6) is 0 Å². The van der Waals surface area contributed by atoms with Crippen molar-refractivity contribution in [3.8, 4) is 0 Å². The molecule has 0 radical (unpaired) electrons. The molecule has 0 bridgehead atoms. The van der Waals surface area contributed by atoms with Crippen molar-refractivity contribution >= 4 is 22.9 Å². The molecule has 0 aliphatic carbocycles. The molecule has 4 heteroatoms. The van der Waals surface area contributed by atoms with Crippen molar-refractivity contribution < 1.29 is 0 Å². The second-order valence-corrected chi connectivity index (χ2v) is 6.06. The highest BCUT2D eigenvalue weighted by Gasteiger charge is 2.14. The Kier molecular flexibility index (Phi) is 4.97. The van der Waals surface area contributed by atoms with Crippen LogP contribution in [0.3, 0.4) is 0 Å². The van der Waals surface area contributed by atoms with Crippen LogP contribution in [0, 0.1) is 13.8 Å². The first-order valence-corrected chi connectivity index (χ1v) is 7.76. The van der Waals surface area contributed by atoms with Gasteiger partial charge in [0.2, 0.25) is 0 Å². The fourth-order valence-electron chi connectivity index (χ4n) is 2.11. The summed E-state index contributed by atoms with van der Waals surface area (Å²) >= 11 is 7.82. The molecule has 1 N–H and O–H groups in total. The molecule has 0 aliphatic heterocycles. The Bertz CT molecular complexity index is 551. The van der Waals surface area contributed by atoms with E-state index in [2.05, 4.69) is 34.7 Å². The zero-order valence-corrected chi connectivity index (χ0v) is 13.1. The standard InChI is InChI=1S/C15H19ClN2S/c1-4-17-14(8-15-18-11(3)9-19-15)12-5-6-13(16)10(2)7-12/h5-7,9,14,17H,4,8H2,1-3H3. The van der Waals surface area contributed by atoms with Gasteiger partial charge in [0.25, 0.3) is 0 Å². The van der Waals surface area contributed by atoms with E-state index in [4.69, 9.17) is 11.6 Å². The molecule has 102 valence electrons. The lowest BCUT2D eigenvalue weighted by atomic mass is 10.0. The van der Waals surface area contributed by atoms with Gasteiger partial charge in [-0.1, -0.05) is 30.7 Å². The summed E-state index contributed by atoms with van der Waals surface area (Å²) in [6, 6.07) is 6.54. The van der Waals surface area contributed by atoms with Crippen molar-refractivity contribution in [3.05, 3.63) is 50.4 Å². The van der Waals surface area contributed by atoms with E-state index in [0.717, 1.165) is 29.2 Å². The summed E-state index contributed by atoms with van der Waals surface area (Å²) < 4.78 is 0. The smallest absolute Gasteiger partial charge is 0.0947 e. The molecule has 0 spiro atoms. The summed E-state index contributed by atoms with van der Waals surface area (Å²) in [6.45, 7) is 7.15. The lowest BCUT2D eigenvalue weighted by Gasteiger charge is -2.18. The van der Waals surface area contributed by atoms with Crippen LogP contribution in [0.25, 0.3) is 0 Å². The van der Waals surface area contributed by atoms with Gasteiger partial charge in [0, 0.05) is 28.6 Å². The van der Waals surface area contributed by atoms with Crippen LogP contribution < -0.4 is 5.32 Å². The van der Waals surface area contributed by atoms with Gasteiger partial charge in [0.1, 0.15) is 0 Å². The van der Waals surface area contributed by atoms with E-state index in [1.807, 2.05) is 19.9 Å². The van der Waals surface area contributed by atoms with Gasteiger partial charge in [-0.05, 0) is 37.6 Å². The van der Waals surface area contributed by atoms with Crippen LogP contribution in [0.15, 0.2) is 23.6 Å². The summed E-state index contributed by atoms with van der Waals surface area (Å²) in [7, 11) is 0. The molecular formula is C15H19ClN2S. The molecule has 1 aromatic heterocycles. The molecule has 1 atom stereocenters. The molecule has 2 nitrogen and oxygen atoms in total. The molecule has 19 heavy (non-hydrogen) atoms. The van der Waals surface area contributed by atoms with E-state index in [-0.39, 0.29) is 0 Å². The normalized spacial score (nSPS) is 12.6. The molecule has 0 aliphatic rings. The minimum absolute atomic E-state index is 0.298. The second-order valence-electron chi connectivity index (χ2n) is 4.71. The zero-order chi connectivity index (χ0) is 13.8. The fraction of sp³-hybridized carbons (Fsp3) is 0.400. The van der Waals surface area contributed by atoms with Crippen LogP contribution in [0.1, 0.15) is 34.8 Å². The number of nitrogens with zero attached hydrogens (tertiary/aromatic N) is 1. The monoisotopic (exact) mass is 294 g/mol. The van der Waals surface area contributed by atoms with Crippen molar-refractivity contribution in [2.24, 2.45) is 0 Å². The van der Waals surface area contributed by atoms with E-state index in [1.165, 1.54) is 10.6 Å². The van der Waals surface area contributed by atoms with Crippen LogP contribution in [0.2, 0.25) is 5.02 Å². The third-order valence-electron chi connectivity index (χ3n) is 3.08. The van der Waals surface area contributed by atoms with E-state index in [0.29, 0.717) is 6.04 Å². The Morgan fingerprint density at radius 2 is 2.16 bits per heavy atom. The summed E-state index contributed by atoms with van der Waals surface area (Å²) in [5.74, 6) is 0. The number of aryl methyl sites for hydroxylation is 2. The zero-order valence-electron chi connectivity index (χ0n) is 11.5. The van der Waals surface area contributed by atoms with E-state index >= 15 is 0 Å². The lowest BCUT2D eigenvalue weighted by Crippen LogP contribution is -2.23. The quantitative estimate of drug-likeness (QED) is 0.889. The third-order valence-corrected chi connectivity index (χ3v) is 4.49. The van der Waals surface area contributed by atoms with Gasteiger partial charge in [0.05, 0.1) is 5.01 Å². The highest BCUT2D eigenvalue weighted by atomic mass is 35.5. The van der Waals surface area contributed by atoms with E-state index < -0.39 is 0 Å². The molecule has 1 aromatic carbocycles. The minimum atomic E-state index is 0.298.